The minimum absolute atomic E-state index is 0.0770. The first-order valence-corrected chi connectivity index (χ1v) is 18.5. The summed E-state index contributed by atoms with van der Waals surface area (Å²) in [6.07, 6.45) is 36.4. The molecule has 0 saturated carbocycles. The van der Waals surface area contributed by atoms with Crippen LogP contribution in [0, 0.1) is 5.92 Å². The zero-order valence-electron chi connectivity index (χ0n) is 29.3. The molecule has 0 N–H and O–H groups in total. The van der Waals surface area contributed by atoms with Gasteiger partial charge in [-0.3, -0.25) is 9.59 Å². The van der Waals surface area contributed by atoms with E-state index in [1.807, 2.05) is 33.0 Å². The van der Waals surface area contributed by atoms with Crippen molar-refractivity contribution >= 4 is 11.6 Å². The van der Waals surface area contributed by atoms with Crippen LogP contribution in [0.3, 0.4) is 0 Å². The average Bonchev–Trinajstić information content (AvgIpc) is 2.93. The van der Waals surface area contributed by atoms with Crippen LogP contribution in [-0.4, -0.2) is 37.6 Å². The molecule has 3 heteroatoms. The normalized spacial score (nSPS) is 11.9. The molecule has 0 aliphatic heterocycles. The summed E-state index contributed by atoms with van der Waals surface area (Å²) in [6, 6.07) is 0. The zero-order valence-corrected chi connectivity index (χ0v) is 29.3. The molecule has 1 unspecified atom stereocenters. The lowest BCUT2D eigenvalue weighted by atomic mass is 9.93. The lowest BCUT2D eigenvalue weighted by molar-refractivity contribution is -0.127. The summed E-state index contributed by atoms with van der Waals surface area (Å²) < 4.78 is 0. The van der Waals surface area contributed by atoms with E-state index in [1.54, 1.807) is 0 Å². The second-order valence-electron chi connectivity index (χ2n) is 13.4. The van der Waals surface area contributed by atoms with Gasteiger partial charge in [0.15, 0.2) is 0 Å². The second kappa shape index (κ2) is 35.5. The molecule has 0 aliphatic rings. The fraction of sp³-hybridized carbons (Fsp3) is 0.947. The van der Waals surface area contributed by atoms with E-state index in [2.05, 4.69) is 13.8 Å². The van der Waals surface area contributed by atoms with Gasteiger partial charge in [0, 0.05) is 25.2 Å². The number of nitrogens with zero attached hydrogens (tertiary/aromatic N) is 1. The summed E-state index contributed by atoms with van der Waals surface area (Å²) in [4.78, 5) is 26.7. The maximum absolute atomic E-state index is 12.4. The van der Waals surface area contributed by atoms with Gasteiger partial charge in [0.2, 0.25) is 0 Å². The van der Waals surface area contributed by atoms with Gasteiger partial charge in [-0.2, -0.15) is 0 Å². The largest absolute Gasteiger partial charge is 0.312 e. The fourth-order valence-electron chi connectivity index (χ4n) is 5.46. The van der Waals surface area contributed by atoms with Crippen molar-refractivity contribution in [1.29, 1.82) is 0 Å². The predicted octanol–water partition coefficient (Wildman–Crippen LogP) is 12.3. The van der Waals surface area contributed by atoms with Gasteiger partial charge in [-0.05, 0) is 34.0 Å². The van der Waals surface area contributed by atoms with Crippen LogP contribution in [0.4, 0.5) is 0 Å². The van der Waals surface area contributed by atoms with Crippen molar-refractivity contribution in [3.05, 3.63) is 0 Å². The summed E-state index contributed by atoms with van der Waals surface area (Å²) in [5.74, 6) is 0.530. The molecular formula is C38H77NO2. The summed E-state index contributed by atoms with van der Waals surface area (Å²) in [7, 11) is 6.00. The van der Waals surface area contributed by atoms with Gasteiger partial charge in [-0.25, -0.2) is 0 Å². The van der Waals surface area contributed by atoms with Crippen LogP contribution < -0.4 is 0 Å². The van der Waals surface area contributed by atoms with Gasteiger partial charge >= 0.3 is 0 Å². The molecule has 0 saturated heterocycles. The number of Topliss-reactive ketones (excluding diaryl/α,β-unsaturated/α-hetero) is 2. The topological polar surface area (TPSA) is 37.4 Å². The average molecular weight is 580 g/mol. The lowest BCUT2D eigenvalue weighted by Crippen LogP contribution is -2.15. The number of rotatable bonds is 31. The van der Waals surface area contributed by atoms with Gasteiger partial charge in [0.05, 0.1) is 0 Å². The Morgan fingerprint density at radius 1 is 0.439 bits per heavy atom. The Morgan fingerprint density at radius 2 is 0.683 bits per heavy atom. The van der Waals surface area contributed by atoms with Gasteiger partial charge in [-0.1, -0.05) is 175 Å². The first-order chi connectivity index (χ1) is 19.8. The Bertz CT molecular complexity index is 528. The molecule has 1 atom stereocenters. The Balaban J connectivity index is 0. The summed E-state index contributed by atoms with van der Waals surface area (Å²) in [5.41, 5.74) is 0. The molecule has 41 heavy (non-hydrogen) atoms. The number of hydrogen-bond acceptors (Lipinski definition) is 3. The van der Waals surface area contributed by atoms with Crippen molar-refractivity contribution in [3.63, 3.8) is 0 Å². The zero-order chi connectivity index (χ0) is 30.8. The van der Waals surface area contributed by atoms with E-state index < -0.39 is 0 Å². The molecule has 0 bridgehead atoms. The molecule has 0 radical (unpaired) electrons. The van der Waals surface area contributed by atoms with E-state index >= 15 is 0 Å². The third-order valence-electron chi connectivity index (χ3n) is 8.17. The maximum Gasteiger partial charge on any atom is 0.136 e. The minimum Gasteiger partial charge on any atom is -0.312 e. The van der Waals surface area contributed by atoms with Gasteiger partial charge < -0.3 is 4.90 Å². The molecule has 246 valence electrons. The Hall–Kier alpha value is -0.700. The highest BCUT2D eigenvalue weighted by Gasteiger charge is 2.16. The number of ketones is 2. The standard InChI is InChI=1S/C35H68O2.C3H9N/c1-4-6-8-10-12-14-16-18-20-22-24-26-28-30-34(36)32-33(3)35(37)31-29-27-25-23-21-19-17-15-13-11-9-7-5-2;1-4(2)3/h33H,4-32H2,1-3H3;1-3H3. The minimum atomic E-state index is -0.0770. The molecule has 0 aromatic rings. The summed E-state index contributed by atoms with van der Waals surface area (Å²) in [5, 5.41) is 0. The first kappa shape index (κ1) is 42.4. The molecule has 0 aromatic carbocycles. The molecule has 0 heterocycles. The Labute approximate surface area is 259 Å². The van der Waals surface area contributed by atoms with Crippen molar-refractivity contribution in [3.8, 4) is 0 Å². The van der Waals surface area contributed by atoms with Crippen LogP contribution in [-0.2, 0) is 9.59 Å². The second-order valence-corrected chi connectivity index (χ2v) is 13.4. The number of hydrogen-bond donors (Lipinski definition) is 0. The molecule has 0 fully saturated rings. The quantitative estimate of drug-likeness (QED) is 0.0766. The smallest absolute Gasteiger partial charge is 0.136 e. The van der Waals surface area contributed by atoms with Crippen LogP contribution in [0.15, 0.2) is 0 Å². The first-order valence-electron chi connectivity index (χ1n) is 18.5. The van der Waals surface area contributed by atoms with Crippen molar-refractivity contribution < 1.29 is 9.59 Å². The van der Waals surface area contributed by atoms with E-state index in [4.69, 9.17) is 0 Å². The lowest BCUT2D eigenvalue weighted by Gasteiger charge is -2.10. The molecule has 0 aromatic heterocycles. The number of carbonyl (C=O) groups is 2. The Kier molecular flexibility index (Phi) is 36.7. The van der Waals surface area contributed by atoms with E-state index in [0.29, 0.717) is 30.8 Å². The van der Waals surface area contributed by atoms with Gasteiger partial charge in [0.1, 0.15) is 11.6 Å². The van der Waals surface area contributed by atoms with Crippen molar-refractivity contribution in [2.45, 2.75) is 207 Å². The summed E-state index contributed by atoms with van der Waals surface area (Å²) in [6.45, 7) is 6.52. The fourth-order valence-corrected chi connectivity index (χ4v) is 5.46. The van der Waals surface area contributed by atoms with Crippen LogP contribution in [0.5, 0.6) is 0 Å². The van der Waals surface area contributed by atoms with Crippen LogP contribution in [0.25, 0.3) is 0 Å². The molecule has 0 aliphatic carbocycles. The Morgan fingerprint density at radius 3 is 0.976 bits per heavy atom. The molecule has 0 amide bonds. The highest BCUT2D eigenvalue weighted by Crippen LogP contribution is 2.17. The predicted molar refractivity (Wildman–Crippen MR) is 184 cm³/mol. The van der Waals surface area contributed by atoms with Crippen LogP contribution in [0.1, 0.15) is 207 Å². The maximum atomic E-state index is 12.4. The third-order valence-corrected chi connectivity index (χ3v) is 8.17. The highest BCUT2D eigenvalue weighted by molar-refractivity contribution is 5.87. The monoisotopic (exact) mass is 580 g/mol. The molecule has 3 nitrogen and oxygen atoms in total. The van der Waals surface area contributed by atoms with Gasteiger partial charge in [0.25, 0.3) is 0 Å². The molecule has 0 spiro atoms. The van der Waals surface area contributed by atoms with Gasteiger partial charge in [-0.15, -0.1) is 0 Å². The molecular weight excluding hydrogens is 502 g/mol. The SMILES string of the molecule is CCCCCCCCCCCCCCCC(=O)CC(C)C(=O)CCCCCCCCCCCCCCC.CN(C)C. The van der Waals surface area contributed by atoms with Crippen LogP contribution >= 0.6 is 0 Å². The third kappa shape index (κ3) is 39.3. The van der Waals surface area contributed by atoms with Crippen molar-refractivity contribution in [2.75, 3.05) is 21.1 Å². The van der Waals surface area contributed by atoms with Crippen molar-refractivity contribution in [2.24, 2.45) is 5.92 Å². The number of unbranched alkanes of at least 4 members (excludes halogenated alkanes) is 24. The van der Waals surface area contributed by atoms with E-state index in [1.165, 1.54) is 154 Å². The summed E-state index contributed by atoms with van der Waals surface area (Å²) >= 11 is 0. The van der Waals surface area contributed by atoms with E-state index in [9.17, 15) is 9.59 Å². The highest BCUT2D eigenvalue weighted by atomic mass is 16.1. The number of carbonyl (C=O) groups excluding carboxylic acids is 2. The molecule has 0 rings (SSSR count). The van der Waals surface area contributed by atoms with E-state index in [0.717, 1.165) is 12.8 Å². The van der Waals surface area contributed by atoms with Crippen molar-refractivity contribution in [1.82, 2.24) is 4.90 Å². The van der Waals surface area contributed by atoms with E-state index in [-0.39, 0.29) is 5.92 Å². The van der Waals surface area contributed by atoms with Crippen LogP contribution in [0.2, 0.25) is 0 Å².